The molecule has 1 saturated heterocycles. The van der Waals surface area contributed by atoms with Crippen LogP contribution in [0.1, 0.15) is 46.0 Å². The topological polar surface area (TPSA) is 57.7 Å². The van der Waals surface area contributed by atoms with Gasteiger partial charge in [0, 0.05) is 13.1 Å². The first-order valence-electron chi connectivity index (χ1n) is 9.86. The number of amides is 3. The molecular formula is C23H24N2O3. The van der Waals surface area contributed by atoms with Crippen molar-refractivity contribution < 1.29 is 14.4 Å². The Bertz CT molecular complexity index is 866. The second-order valence-electron chi connectivity index (χ2n) is 7.66. The molecule has 2 aliphatic rings. The maximum atomic E-state index is 13.0. The van der Waals surface area contributed by atoms with Gasteiger partial charge in [-0.15, -0.1) is 0 Å². The molecule has 0 aliphatic carbocycles. The Balaban J connectivity index is 1.38. The monoisotopic (exact) mass is 376 g/mol. The van der Waals surface area contributed by atoms with Gasteiger partial charge in [0.1, 0.15) is 6.04 Å². The van der Waals surface area contributed by atoms with E-state index in [0.717, 1.165) is 24.2 Å². The zero-order valence-corrected chi connectivity index (χ0v) is 16.0. The van der Waals surface area contributed by atoms with Crippen molar-refractivity contribution in [2.75, 3.05) is 13.1 Å². The third-order valence-electron chi connectivity index (χ3n) is 5.86. The minimum Gasteiger partial charge on any atom is -0.341 e. The molecule has 0 aromatic heterocycles. The highest BCUT2D eigenvalue weighted by molar-refractivity contribution is 6.22. The highest BCUT2D eigenvalue weighted by atomic mass is 16.2. The Hall–Kier alpha value is -2.95. The van der Waals surface area contributed by atoms with Crippen molar-refractivity contribution >= 4 is 17.7 Å². The summed E-state index contributed by atoms with van der Waals surface area (Å²) in [6, 6.07) is 16.4. The molecule has 0 N–H and O–H groups in total. The third kappa shape index (κ3) is 3.33. The molecule has 0 spiro atoms. The molecular weight excluding hydrogens is 352 g/mol. The number of likely N-dealkylation sites (tertiary alicyclic amines) is 1. The van der Waals surface area contributed by atoms with Gasteiger partial charge in [-0.25, -0.2) is 0 Å². The minimum atomic E-state index is -0.780. The summed E-state index contributed by atoms with van der Waals surface area (Å²) in [5, 5.41) is 0. The number of carbonyl (C=O) groups excluding carboxylic acids is 3. The van der Waals surface area contributed by atoms with Crippen LogP contribution in [-0.2, 0) is 11.2 Å². The van der Waals surface area contributed by atoms with Gasteiger partial charge in [-0.05, 0) is 49.8 Å². The summed E-state index contributed by atoms with van der Waals surface area (Å²) in [4.78, 5) is 41.1. The lowest BCUT2D eigenvalue weighted by Crippen LogP contribution is -2.51. The standard InChI is InChI=1S/C23H24N2O3/c1-16(25-22(27)19-9-5-6-10-20(19)23(25)28)21(26)24-13-11-18(12-14-24)15-17-7-3-2-4-8-17/h2-10,16,18H,11-15H2,1H3/t16-/m0/s1. The highest BCUT2D eigenvalue weighted by Crippen LogP contribution is 2.27. The molecule has 1 atom stereocenters. The van der Waals surface area contributed by atoms with Crippen molar-refractivity contribution in [3.8, 4) is 0 Å². The van der Waals surface area contributed by atoms with E-state index in [1.165, 1.54) is 5.56 Å². The van der Waals surface area contributed by atoms with Gasteiger partial charge in [0.2, 0.25) is 5.91 Å². The predicted octanol–water partition coefficient (Wildman–Crippen LogP) is 3.15. The van der Waals surface area contributed by atoms with Gasteiger partial charge in [0.25, 0.3) is 11.8 Å². The molecule has 4 rings (SSSR count). The summed E-state index contributed by atoms with van der Waals surface area (Å²) in [5.41, 5.74) is 2.09. The van der Waals surface area contributed by atoms with Crippen molar-refractivity contribution in [2.45, 2.75) is 32.2 Å². The Morgan fingerprint density at radius 2 is 1.46 bits per heavy atom. The Kier molecular flexibility index (Phi) is 4.99. The average Bonchev–Trinajstić information content (AvgIpc) is 2.99. The lowest BCUT2D eigenvalue weighted by atomic mass is 9.90. The van der Waals surface area contributed by atoms with Gasteiger partial charge >= 0.3 is 0 Å². The first-order valence-corrected chi connectivity index (χ1v) is 9.86. The summed E-state index contributed by atoms with van der Waals surface area (Å²) < 4.78 is 0. The van der Waals surface area contributed by atoms with Crippen molar-refractivity contribution in [1.29, 1.82) is 0 Å². The van der Waals surface area contributed by atoms with Crippen LogP contribution in [0, 0.1) is 5.92 Å². The number of fused-ring (bicyclic) bond motifs is 1. The number of piperidine rings is 1. The Labute approximate surface area is 164 Å². The van der Waals surface area contributed by atoms with Crippen LogP contribution in [0.25, 0.3) is 0 Å². The zero-order valence-electron chi connectivity index (χ0n) is 16.0. The van der Waals surface area contributed by atoms with Crippen molar-refractivity contribution in [1.82, 2.24) is 9.80 Å². The maximum Gasteiger partial charge on any atom is 0.262 e. The number of hydrogen-bond donors (Lipinski definition) is 0. The van der Waals surface area contributed by atoms with E-state index in [0.29, 0.717) is 30.1 Å². The largest absolute Gasteiger partial charge is 0.341 e. The summed E-state index contributed by atoms with van der Waals surface area (Å²) in [7, 11) is 0. The van der Waals surface area contributed by atoms with Crippen LogP contribution in [0.5, 0.6) is 0 Å². The first-order chi connectivity index (χ1) is 13.6. The van der Waals surface area contributed by atoms with Crippen LogP contribution in [0.2, 0.25) is 0 Å². The second-order valence-corrected chi connectivity index (χ2v) is 7.66. The van der Waals surface area contributed by atoms with E-state index < -0.39 is 6.04 Å². The molecule has 3 amide bonds. The van der Waals surface area contributed by atoms with Crippen LogP contribution in [0.3, 0.4) is 0 Å². The third-order valence-corrected chi connectivity index (χ3v) is 5.86. The molecule has 5 heteroatoms. The van der Waals surface area contributed by atoms with Crippen LogP contribution in [0.4, 0.5) is 0 Å². The number of carbonyl (C=O) groups is 3. The fraction of sp³-hybridized carbons (Fsp3) is 0.348. The molecule has 28 heavy (non-hydrogen) atoms. The van der Waals surface area contributed by atoms with E-state index in [4.69, 9.17) is 0 Å². The molecule has 2 aromatic rings. The number of rotatable bonds is 4. The first kappa shape index (κ1) is 18.4. The number of benzene rings is 2. The zero-order chi connectivity index (χ0) is 19.7. The fourth-order valence-corrected chi connectivity index (χ4v) is 4.24. The van der Waals surface area contributed by atoms with Gasteiger partial charge in [-0.2, -0.15) is 0 Å². The summed E-state index contributed by atoms with van der Waals surface area (Å²) >= 11 is 0. The molecule has 0 saturated carbocycles. The lowest BCUT2D eigenvalue weighted by Gasteiger charge is -2.35. The van der Waals surface area contributed by atoms with E-state index in [-0.39, 0.29) is 17.7 Å². The van der Waals surface area contributed by atoms with Gasteiger partial charge < -0.3 is 4.90 Å². The molecule has 0 bridgehead atoms. The van der Waals surface area contributed by atoms with Crippen molar-refractivity contribution in [2.24, 2.45) is 5.92 Å². The maximum absolute atomic E-state index is 13.0. The molecule has 2 aliphatic heterocycles. The summed E-state index contributed by atoms with van der Waals surface area (Å²) in [6.45, 7) is 2.99. The van der Waals surface area contributed by atoms with E-state index in [2.05, 4.69) is 24.3 Å². The van der Waals surface area contributed by atoms with E-state index in [9.17, 15) is 14.4 Å². The lowest BCUT2D eigenvalue weighted by molar-refractivity contribution is -0.136. The minimum absolute atomic E-state index is 0.146. The molecule has 5 nitrogen and oxygen atoms in total. The van der Waals surface area contributed by atoms with Crippen LogP contribution in [0.15, 0.2) is 54.6 Å². The fourth-order valence-electron chi connectivity index (χ4n) is 4.24. The Morgan fingerprint density at radius 3 is 2.04 bits per heavy atom. The normalized spacial score (nSPS) is 18.3. The van der Waals surface area contributed by atoms with Gasteiger partial charge in [-0.1, -0.05) is 42.5 Å². The summed E-state index contributed by atoms with van der Waals surface area (Å²) in [6.07, 6.45) is 2.90. The number of imide groups is 1. The predicted molar refractivity (Wildman–Crippen MR) is 106 cm³/mol. The van der Waals surface area contributed by atoms with Crippen LogP contribution < -0.4 is 0 Å². The van der Waals surface area contributed by atoms with E-state index in [1.54, 1.807) is 36.1 Å². The SMILES string of the molecule is C[C@@H](C(=O)N1CCC(Cc2ccccc2)CC1)N1C(=O)c2ccccc2C1=O. The van der Waals surface area contributed by atoms with Crippen molar-refractivity contribution in [3.05, 3.63) is 71.3 Å². The Morgan fingerprint density at radius 1 is 0.929 bits per heavy atom. The van der Waals surface area contributed by atoms with Crippen LogP contribution >= 0.6 is 0 Å². The molecule has 2 heterocycles. The number of hydrogen-bond acceptors (Lipinski definition) is 3. The van der Waals surface area contributed by atoms with E-state index >= 15 is 0 Å². The van der Waals surface area contributed by atoms with Gasteiger partial charge in [0.05, 0.1) is 11.1 Å². The molecule has 1 fully saturated rings. The average molecular weight is 376 g/mol. The van der Waals surface area contributed by atoms with E-state index in [1.807, 2.05) is 6.07 Å². The molecule has 0 radical (unpaired) electrons. The summed E-state index contributed by atoms with van der Waals surface area (Å²) in [5.74, 6) is -0.338. The van der Waals surface area contributed by atoms with Gasteiger partial charge in [-0.3, -0.25) is 19.3 Å². The van der Waals surface area contributed by atoms with Gasteiger partial charge in [0.15, 0.2) is 0 Å². The second kappa shape index (κ2) is 7.58. The number of nitrogens with zero attached hydrogens (tertiary/aromatic N) is 2. The molecule has 2 aromatic carbocycles. The molecule has 0 unspecified atom stereocenters. The van der Waals surface area contributed by atoms with Crippen molar-refractivity contribution in [3.63, 3.8) is 0 Å². The van der Waals surface area contributed by atoms with Crippen LogP contribution in [-0.4, -0.2) is 46.7 Å². The highest BCUT2D eigenvalue weighted by Gasteiger charge is 2.42. The quantitative estimate of drug-likeness (QED) is 0.770. The molecule has 144 valence electrons. The smallest absolute Gasteiger partial charge is 0.262 e.